The van der Waals surface area contributed by atoms with Gasteiger partial charge in [0.2, 0.25) is 0 Å². The number of nitrogens with zero attached hydrogens (tertiary/aromatic N) is 2. The summed E-state index contributed by atoms with van der Waals surface area (Å²) in [7, 11) is 0. The van der Waals surface area contributed by atoms with Crippen LogP contribution in [0, 0.1) is 6.92 Å². The number of hydrogen-bond acceptors (Lipinski definition) is 4. The van der Waals surface area contributed by atoms with Crippen molar-refractivity contribution in [2.24, 2.45) is 0 Å². The number of carbonyl (C=O) groups excluding carboxylic acids is 1. The van der Waals surface area contributed by atoms with Gasteiger partial charge < -0.3 is 5.32 Å². The molecule has 1 amide bonds. The molecule has 0 radical (unpaired) electrons. The van der Waals surface area contributed by atoms with Gasteiger partial charge in [-0.15, -0.1) is 11.3 Å². The van der Waals surface area contributed by atoms with Gasteiger partial charge in [0.05, 0.1) is 16.4 Å². The lowest BCUT2D eigenvalue weighted by Gasteiger charge is -2.13. The summed E-state index contributed by atoms with van der Waals surface area (Å²) in [5.41, 5.74) is -0.0220. The third-order valence-corrected chi connectivity index (χ3v) is 4.07. The molecule has 0 saturated carbocycles. The largest absolute Gasteiger partial charge is 0.317 e. The number of aromatic nitrogens is 3. The van der Waals surface area contributed by atoms with Crippen molar-refractivity contribution in [2.45, 2.75) is 39.5 Å². The van der Waals surface area contributed by atoms with Crippen molar-refractivity contribution < 1.29 is 13.6 Å². The quantitative estimate of drug-likeness (QED) is 0.908. The van der Waals surface area contributed by atoms with E-state index in [1.165, 1.54) is 11.3 Å². The zero-order valence-corrected chi connectivity index (χ0v) is 12.9. The first-order valence-corrected chi connectivity index (χ1v) is 7.18. The number of anilines is 1. The molecule has 0 atom stereocenters. The Morgan fingerprint density at radius 2 is 2.10 bits per heavy atom. The molecule has 2 N–H and O–H groups in total. The summed E-state index contributed by atoms with van der Waals surface area (Å²) in [6, 6.07) is 0. The smallest absolute Gasteiger partial charge is 0.284 e. The maximum absolute atomic E-state index is 12.8. The van der Waals surface area contributed by atoms with E-state index in [1.54, 1.807) is 12.3 Å². The van der Waals surface area contributed by atoms with Crippen molar-refractivity contribution in [1.29, 1.82) is 0 Å². The van der Waals surface area contributed by atoms with Gasteiger partial charge in [-0.1, -0.05) is 20.8 Å². The van der Waals surface area contributed by atoms with Crippen LogP contribution < -0.4 is 5.32 Å². The number of rotatable bonds is 3. The molecule has 0 aliphatic heterocycles. The van der Waals surface area contributed by atoms with Crippen molar-refractivity contribution in [3.8, 4) is 0 Å². The third-order valence-electron chi connectivity index (χ3n) is 2.80. The van der Waals surface area contributed by atoms with Gasteiger partial charge in [0.25, 0.3) is 12.3 Å². The zero-order valence-electron chi connectivity index (χ0n) is 12.1. The van der Waals surface area contributed by atoms with Crippen LogP contribution in [-0.2, 0) is 5.41 Å². The molecule has 0 spiro atoms. The Labute approximate surface area is 124 Å². The van der Waals surface area contributed by atoms with Crippen LogP contribution in [0.5, 0.6) is 0 Å². The Hall–Kier alpha value is -1.83. The van der Waals surface area contributed by atoms with Gasteiger partial charge in [0.15, 0.2) is 5.69 Å². The van der Waals surface area contributed by atoms with Crippen molar-refractivity contribution in [1.82, 2.24) is 15.2 Å². The van der Waals surface area contributed by atoms with Gasteiger partial charge in [-0.25, -0.2) is 13.8 Å². The minimum Gasteiger partial charge on any atom is -0.317 e. The molecule has 2 aromatic heterocycles. The Morgan fingerprint density at radius 1 is 1.43 bits per heavy atom. The molecule has 0 unspecified atom stereocenters. The zero-order chi connectivity index (χ0) is 15.8. The lowest BCUT2D eigenvalue weighted by Crippen LogP contribution is -2.16. The first kappa shape index (κ1) is 15.6. The average Bonchev–Trinajstić information content (AvgIpc) is 2.96. The molecule has 0 bridgehead atoms. The van der Waals surface area contributed by atoms with E-state index in [9.17, 15) is 13.6 Å². The molecule has 0 aromatic carbocycles. The number of carbonyl (C=O) groups is 1. The standard InChI is InChI=1S/C13H16F2N4OS/c1-6-8(9(10(14)15)19-18-6)17-11(20)7-5-21-12(16-7)13(2,3)4/h5,10H,1-4H3,(H,17,20)(H,18,19). The molecule has 2 aromatic rings. The fourth-order valence-corrected chi connectivity index (χ4v) is 2.55. The van der Waals surface area contributed by atoms with E-state index in [1.807, 2.05) is 20.8 Å². The lowest BCUT2D eigenvalue weighted by atomic mass is 9.98. The lowest BCUT2D eigenvalue weighted by molar-refractivity contribution is 0.102. The van der Waals surface area contributed by atoms with Crippen molar-refractivity contribution >= 4 is 22.9 Å². The number of H-pyrrole nitrogens is 1. The van der Waals surface area contributed by atoms with E-state index < -0.39 is 18.0 Å². The molecule has 2 heterocycles. The summed E-state index contributed by atoms with van der Waals surface area (Å²) >= 11 is 1.37. The summed E-state index contributed by atoms with van der Waals surface area (Å²) < 4.78 is 25.6. The number of amides is 1. The fraction of sp³-hybridized carbons (Fsp3) is 0.462. The second-order valence-corrected chi connectivity index (χ2v) is 6.51. The van der Waals surface area contributed by atoms with Gasteiger partial charge in [-0.2, -0.15) is 5.10 Å². The Balaban J connectivity index is 2.23. The Kier molecular flexibility index (Phi) is 4.08. The summed E-state index contributed by atoms with van der Waals surface area (Å²) in [6.07, 6.45) is -2.76. The highest BCUT2D eigenvalue weighted by atomic mass is 32.1. The Morgan fingerprint density at radius 3 is 2.62 bits per heavy atom. The first-order chi connectivity index (χ1) is 9.70. The third kappa shape index (κ3) is 3.26. The van der Waals surface area contributed by atoms with Gasteiger partial charge in [-0.05, 0) is 6.92 Å². The second kappa shape index (κ2) is 5.51. The van der Waals surface area contributed by atoms with Gasteiger partial charge >= 0.3 is 0 Å². The fourth-order valence-electron chi connectivity index (χ4n) is 1.66. The van der Waals surface area contributed by atoms with Crippen LogP contribution in [0.25, 0.3) is 0 Å². The highest BCUT2D eigenvalue weighted by Crippen LogP contribution is 2.29. The van der Waals surface area contributed by atoms with Crippen molar-refractivity contribution in [2.75, 3.05) is 5.32 Å². The van der Waals surface area contributed by atoms with Crippen molar-refractivity contribution in [3.63, 3.8) is 0 Å². The van der Waals surface area contributed by atoms with E-state index in [2.05, 4.69) is 20.5 Å². The number of aromatic amines is 1. The summed E-state index contributed by atoms with van der Waals surface area (Å²) in [5.74, 6) is -0.520. The van der Waals surface area contributed by atoms with Crippen LogP contribution >= 0.6 is 11.3 Å². The first-order valence-electron chi connectivity index (χ1n) is 6.30. The normalized spacial score (nSPS) is 12.0. The average molecular weight is 314 g/mol. The van der Waals surface area contributed by atoms with E-state index in [-0.39, 0.29) is 16.8 Å². The number of hydrogen-bond donors (Lipinski definition) is 2. The minimum absolute atomic E-state index is 0.0142. The number of alkyl halides is 2. The molecule has 8 heteroatoms. The van der Waals surface area contributed by atoms with Gasteiger partial charge in [0, 0.05) is 10.8 Å². The highest BCUT2D eigenvalue weighted by Gasteiger charge is 2.24. The molecule has 0 aliphatic rings. The van der Waals surface area contributed by atoms with Gasteiger partial charge in [0.1, 0.15) is 5.69 Å². The van der Waals surface area contributed by atoms with Crippen LogP contribution in [-0.4, -0.2) is 21.1 Å². The highest BCUT2D eigenvalue weighted by molar-refractivity contribution is 7.10. The maximum atomic E-state index is 12.8. The second-order valence-electron chi connectivity index (χ2n) is 5.65. The van der Waals surface area contributed by atoms with Gasteiger partial charge in [-0.3, -0.25) is 9.89 Å². The molecule has 0 aliphatic carbocycles. The van der Waals surface area contributed by atoms with E-state index >= 15 is 0 Å². The van der Waals surface area contributed by atoms with E-state index in [0.29, 0.717) is 5.69 Å². The Bertz CT molecular complexity index is 657. The van der Waals surface area contributed by atoms with Crippen molar-refractivity contribution in [3.05, 3.63) is 27.5 Å². The predicted octanol–water partition coefficient (Wildman–Crippen LogP) is 3.66. The van der Waals surface area contributed by atoms with Crippen LogP contribution in [0.15, 0.2) is 5.38 Å². The monoisotopic (exact) mass is 314 g/mol. The molecule has 0 saturated heterocycles. The molecule has 0 fully saturated rings. The molecule has 21 heavy (non-hydrogen) atoms. The van der Waals surface area contributed by atoms with E-state index in [4.69, 9.17) is 0 Å². The topological polar surface area (TPSA) is 70.7 Å². The minimum atomic E-state index is -2.76. The molecule has 114 valence electrons. The maximum Gasteiger partial charge on any atom is 0.284 e. The molecule has 2 rings (SSSR count). The number of thiazole rings is 1. The number of halogens is 2. The van der Waals surface area contributed by atoms with Crippen LogP contribution in [0.2, 0.25) is 0 Å². The summed E-state index contributed by atoms with van der Waals surface area (Å²) in [4.78, 5) is 16.4. The van der Waals surface area contributed by atoms with Crippen LogP contribution in [0.1, 0.15) is 54.1 Å². The molecular formula is C13H16F2N4OS. The summed E-state index contributed by atoms with van der Waals surface area (Å²) in [6.45, 7) is 7.53. The van der Waals surface area contributed by atoms with E-state index in [0.717, 1.165) is 5.01 Å². The number of nitrogens with one attached hydrogen (secondary N) is 2. The number of aryl methyl sites for hydroxylation is 1. The SMILES string of the molecule is Cc1[nH]nc(C(F)F)c1NC(=O)c1csc(C(C)(C)C)n1. The molecular weight excluding hydrogens is 298 g/mol. The van der Waals surface area contributed by atoms with Crippen LogP contribution in [0.3, 0.4) is 0 Å². The summed E-state index contributed by atoms with van der Waals surface area (Å²) in [5, 5.41) is 10.8. The predicted molar refractivity (Wildman–Crippen MR) is 77.0 cm³/mol. The molecule has 5 nitrogen and oxygen atoms in total. The van der Waals surface area contributed by atoms with Crippen LogP contribution in [0.4, 0.5) is 14.5 Å².